The highest BCUT2D eigenvalue weighted by Gasteiger charge is 2.24. The normalized spacial score (nSPS) is 17.0. The van der Waals surface area contributed by atoms with Gasteiger partial charge in [-0.2, -0.15) is 0 Å². The Balaban J connectivity index is 1.46. The Morgan fingerprint density at radius 3 is 2.50 bits per heavy atom. The van der Waals surface area contributed by atoms with Gasteiger partial charge in [0.25, 0.3) is 5.91 Å². The lowest BCUT2D eigenvalue weighted by Gasteiger charge is -2.28. The van der Waals surface area contributed by atoms with E-state index in [4.69, 9.17) is 0 Å². The fraction of sp³-hybridized carbons (Fsp3) is 0.450. The van der Waals surface area contributed by atoms with Gasteiger partial charge in [0.05, 0.1) is 0 Å². The Labute approximate surface area is 154 Å². The summed E-state index contributed by atoms with van der Waals surface area (Å²) in [7, 11) is 0. The third kappa shape index (κ3) is 4.12. The fourth-order valence-corrected chi connectivity index (χ4v) is 3.29. The molecule has 6 heteroatoms. The van der Waals surface area contributed by atoms with Crippen molar-refractivity contribution in [1.29, 1.82) is 0 Å². The molecule has 2 aliphatic rings. The van der Waals surface area contributed by atoms with Crippen LogP contribution < -0.4 is 15.5 Å². The van der Waals surface area contributed by atoms with E-state index in [1.54, 1.807) is 13.0 Å². The summed E-state index contributed by atoms with van der Waals surface area (Å²) in [4.78, 5) is 23.3. The van der Waals surface area contributed by atoms with E-state index in [2.05, 4.69) is 49.8 Å². The van der Waals surface area contributed by atoms with Crippen molar-refractivity contribution in [3.8, 4) is 0 Å². The summed E-state index contributed by atoms with van der Waals surface area (Å²) >= 11 is 0. The van der Waals surface area contributed by atoms with Gasteiger partial charge in [-0.15, -0.1) is 0 Å². The van der Waals surface area contributed by atoms with Crippen LogP contribution in [0, 0.1) is 6.92 Å². The number of hydrogen-bond acceptors (Lipinski definition) is 5. The third-order valence-corrected chi connectivity index (χ3v) is 4.84. The van der Waals surface area contributed by atoms with Crippen molar-refractivity contribution in [2.24, 2.45) is 0 Å². The molecule has 0 spiro atoms. The molecular weight excluding hydrogens is 326 g/mol. The van der Waals surface area contributed by atoms with Crippen LogP contribution in [0.3, 0.4) is 0 Å². The third-order valence-electron chi connectivity index (χ3n) is 4.84. The van der Waals surface area contributed by atoms with Crippen LogP contribution in [-0.4, -0.2) is 35.0 Å². The second kappa shape index (κ2) is 7.32. The van der Waals surface area contributed by atoms with Crippen LogP contribution in [-0.2, 0) is 0 Å². The number of aryl methyl sites for hydroxylation is 1. The summed E-state index contributed by atoms with van der Waals surface area (Å²) in [6.45, 7) is 4.08. The zero-order valence-electron chi connectivity index (χ0n) is 15.2. The molecule has 2 aromatic rings. The van der Waals surface area contributed by atoms with Gasteiger partial charge in [-0.05, 0) is 63.3 Å². The summed E-state index contributed by atoms with van der Waals surface area (Å²) in [5.41, 5.74) is 2.63. The first-order valence-electron chi connectivity index (χ1n) is 9.46. The maximum absolute atomic E-state index is 12.2. The molecule has 26 heavy (non-hydrogen) atoms. The van der Waals surface area contributed by atoms with Gasteiger partial charge in [-0.3, -0.25) is 4.79 Å². The van der Waals surface area contributed by atoms with Gasteiger partial charge in [0, 0.05) is 36.6 Å². The van der Waals surface area contributed by atoms with Gasteiger partial charge in [-0.25, -0.2) is 9.97 Å². The molecule has 2 N–H and O–H groups in total. The number of nitrogens with one attached hydrogen (secondary N) is 2. The minimum atomic E-state index is -0.124. The van der Waals surface area contributed by atoms with Crippen LogP contribution >= 0.6 is 0 Å². The first-order chi connectivity index (χ1) is 12.7. The van der Waals surface area contributed by atoms with E-state index in [1.807, 2.05) is 0 Å². The Hall–Kier alpha value is -2.63. The van der Waals surface area contributed by atoms with Gasteiger partial charge in [0.2, 0.25) is 0 Å². The van der Waals surface area contributed by atoms with Crippen molar-refractivity contribution < 1.29 is 4.79 Å². The Morgan fingerprint density at radius 2 is 1.81 bits per heavy atom. The lowest BCUT2D eigenvalue weighted by molar-refractivity contribution is 0.0945. The zero-order valence-corrected chi connectivity index (χ0v) is 15.2. The minimum absolute atomic E-state index is 0.124. The number of aromatic nitrogens is 2. The second-order valence-corrected chi connectivity index (χ2v) is 7.15. The molecule has 0 bridgehead atoms. The van der Waals surface area contributed by atoms with E-state index in [1.165, 1.54) is 24.9 Å². The highest BCUT2D eigenvalue weighted by atomic mass is 16.2. The second-order valence-electron chi connectivity index (χ2n) is 7.15. The first-order valence-corrected chi connectivity index (χ1v) is 9.46. The number of benzene rings is 1. The smallest absolute Gasteiger partial charge is 0.270 e. The van der Waals surface area contributed by atoms with E-state index >= 15 is 0 Å². The molecule has 0 unspecified atom stereocenters. The maximum Gasteiger partial charge on any atom is 0.270 e. The van der Waals surface area contributed by atoms with Crippen molar-refractivity contribution in [1.82, 2.24) is 15.3 Å². The highest BCUT2D eigenvalue weighted by Crippen LogP contribution is 2.24. The Bertz CT molecular complexity index is 779. The fourth-order valence-electron chi connectivity index (χ4n) is 3.29. The monoisotopic (exact) mass is 351 g/mol. The molecule has 136 valence electrons. The molecule has 1 aliphatic carbocycles. The molecule has 0 radical (unpaired) electrons. The Morgan fingerprint density at radius 1 is 1.08 bits per heavy atom. The average Bonchev–Trinajstić information content (AvgIpc) is 3.46. The van der Waals surface area contributed by atoms with Gasteiger partial charge in [0.15, 0.2) is 0 Å². The number of nitrogens with zero attached hydrogens (tertiary/aromatic N) is 3. The summed E-state index contributed by atoms with van der Waals surface area (Å²) in [5.74, 6) is 1.10. The van der Waals surface area contributed by atoms with Crippen molar-refractivity contribution in [2.75, 3.05) is 23.3 Å². The lowest BCUT2D eigenvalue weighted by Crippen LogP contribution is -2.29. The van der Waals surface area contributed by atoms with Gasteiger partial charge in [0.1, 0.15) is 17.3 Å². The maximum atomic E-state index is 12.2. The van der Waals surface area contributed by atoms with Gasteiger partial charge in [-0.1, -0.05) is 0 Å². The summed E-state index contributed by atoms with van der Waals surface area (Å²) < 4.78 is 0. The van der Waals surface area contributed by atoms with E-state index in [0.29, 0.717) is 23.4 Å². The summed E-state index contributed by atoms with van der Waals surface area (Å²) in [5, 5.41) is 6.26. The molecule has 6 nitrogen and oxygen atoms in total. The van der Waals surface area contributed by atoms with Crippen LogP contribution in [0.2, 0.25) is 0 Å². The van der Waals surface area contributed by atoms with Crippen LogP contribution in [0.5, 0.6) is 0 Å². The van der Waals surface area contributed by atoms with E-state index in [0.717, 1.165) is 31.6 Å². The largest absolute Gasteiger partial charge is 0.372 e. The number of anilines is 3. The average molecular weight is 351 g/mol. The molecule has 1 saturated carbocycles. The van der Waals surface area contributed by atoms with E-state index in [9.17, 15) is 4.79 Å². The minimum Gasteiger partial charge on any atom is -0.372 e. The molecule has 2 fully saturated rings. The topological polar surface area (TPSA) is 70.2 Å². The van der Waals surface area contributed by atoms with Crippen LogP contribution in [0.15, 0.2) is 30.3 Å². The molecular formula is C20H25N5O. The molecule has 1 amide bonds. The predicted molar refractivity (Wildman–Crippen MR) is 103 cm³/mol. The van der Waals surface area contributed by atoms with Crippen LogP contribution in [0.1, 0.15) is 48.4 Å². The quantitative estimate of drug-likeness (QED) is 0.864. The van der Waals surface area contributed by atoms with E-state index in [-0.39, 0.29) is 5.91 Å². The van der Waals surface area contributed by atoms with Crippen molar-refractivity contribution in [2.45, 2.75) is 45.1 Å². The predicted octanol–water partition coefficient (Wildman–Crippen LogP) is 3.41. The Kier molecular flexibility index (Phi) is 4.73. The lowest BCUT2D eigenvalue weighted by atomic mass is 10.1. The van der Waals surface area contributed by atoms with Crippen molar-refractivity contribution in [3.63, 3.8) is 0 Å². The molecule has 1 aromatic heterocycles. The number of amides is 1. The van der Waals surface area contributed by atoms with Crippen molar-refractivity contribution >= 4 is 23.1 Å². The van der Waals surface area contributed by atoms with Crippen molar-refractivity contribution in [3.05, 3.63) is 41.9 Å². The van der Waals surface area contributed by atoms with Crippen LogP contribution in [0.4, 0.5) is 17.2 Å². The number of hydrogen-bond donors (Lipinski definition) is 2. The molecule has 4 rings (SSSR count). The van der Waals surface area contributed by atoms with Crippen LogP contribution in [0.25, 0.3) is 0 Å². The number of rotatable bonds is 5. The SMILES string of the molecule is Cc1nc(Nc2ccc(N3CCCCC3)cc2)cc(C(=O)NC2CC2)n1. The van der Waals surface area contributed by atoms with E-state index < -0.39 is 0 Å². The summed E-state index contributed by atoms with van der Waals surface area (Å²) in [6.07, 6.45) is 5.99. The number of carbonyl (C=O) groups is 1. The number of piperidine rings is 1. The molecule has 1 aromatic carbocycles. The molecule has 2 heterocycles. The zero-order chi connectivity index (χ0) is 17.9. The molecule has 0 atom stereocenters. The number of carbonyl (C=O) groups excluding carboxylic acids is 1. The highest BCUT2D eigenvalue weighted by molar-refractivity contribution is 5.93. The standard InChI is InChI=1S/C20H25N5O/c1-14-21-18(20(26)24-16-5-6-16)13-19(22-14)23-15-7-9-17(10-8-15)25-11-3-2-4-12-25/h7-10,13,16H,2-6,11-12H2,1H3,(H,24,26)(H,21,22,23). The molecule has 1 saturated heterocycles. The molecule has 1 aliphatic heterocycles. The van der Waals surface area contributed by atoms with Gasteiger partial charge >= 0.3 is 0 Å². The first kappa shape index (κ1) is 16.8. The summed E-state index contributed by atoms with van der Waals surface area (Å²) in [6, 6.07) is 10.4. The van der Waals surface area contributed by atoms with Gasteiger partial charge < -0.3 is 15.5 Å².